The molecule has 0 unspecified atom stereocenters. The van der Waals surface area contributed by atoms with Gasteiger partial charge in [0.05, 0.1) is 4.92 Å². The molecule has 0 aliphatic rings. The SMILES string of the molecule is Cc1nccn1-c1cc(NC(=O)/C=C/c2ccc([N+](=O)[O-])cc2)ncn1. The van der Waals surface area contributed by atoms with Crippen molar-refractivity contribution in [3.63, 3.8) is 0 Å². The van der Waals surface area contributed by atoms with Crippen LogP contribution in [0.2, 0.25) is 0 Å². The fourth-order valence-corrected chi connectivity index (χ4v) is 2.21. The molecule has 9 nitrogen and oxygen atoms in total. The molecule has 0 atom stereocenters. The molecule has 1 amide bonds. The number of nitrogens with one attached hydrogen (secondary N) is 1. The summed E-state index contributed by atoms with van der Waals surface area (Å²) in [6, 6.07) is 7.51. The van der Waals surface area contributed by atoms with Crippen LogP contribution in [0.25, 0.3) is 11.9 Å². The van der Waals surface area contributed by atoms with Crippen molar-refractivity contribution < 1.29 is 9.72 Å². The molecule has 0 aliphatic heterocycles. The lowest BCUT2D eigenvalue weighted by atomic mass is 10.2. The Morgan fingerprint density at radius 2 is 2.00 bits per heavy atom. The van der Waals surface area contributed by atoms with Crippen LogP contribution in [-0.2, 0) is 4.79 Å². The largest absolute Gasteiger partial charge is 0.307 e. The fraction of sp³-hybridized carbons (Fsp3) is 0.0588. The third-order valence-electron chi connectivity index (χ3n) is 3.51. The Morgan fingerprint density at radius 3 is 2.65 bits per heavy atom. The van der Waals surface area contributed by atoms with E-state index in [2.05, 4.69) is 20.3 Å². The number of nitrogens with zero attached hydrogens (tertiary/aromatic N) is 5. The Labute approximate surface area is 148 Å². The number of aromatic nitrogens is 4. The lowest BCUT2D eigenvalue weighted by Gasteiger charge is -2.06. The average molecular weight is 350 g/mol. The fourth-order valence-electron chi connectivity index (χ4n) is 2.21. The number of imidazole rings is 1. The van der Waals surface area contributed by atoms with E-state index in [-0.39, 0.29) is 11.6 Å². The van der Waals surface area contributed by atoms with Crippen molar-refractivity contribution in [1.29, 1.82) is 0 Å². The minimum absolute atomic E-state index is 0.00471. The Morgan fingerprint density at radius 1 is 1.23 bits per heavy atom. The van der Waals surface area contributed by atoms with Gasteiger partial charge in [0.15, 0.2) is 0 Å². The van der Waals surface area contributed by atoms with E-state index in [1.54, 1.807) is 41.2 Å². The minimum atomic E-state index is -0.477. The molecule has 0 spiro atoms. The van der Waals surface area contributed by atoms with Gasteiger partial charge in [-0.25, -0.2) is 15.0 Å². The van der Waals surface area contributed by atoms with Gasteiger partial charge in [-0.3, -0.25) is 19.5 Å². The van der Waals surface area contributed by atoms with Crippen LogP contribution in [0.15, 0.2) is 55.1 Å². The second-order valence-electron chi connectivity index (χ2n) is 5.28. The number of nitro benzene ring substituents is 1. The maximum Gasteiger partial charge on any atom is 0.269 e. The molecular formula is C17H14N6O3. The van der Waals surface area contributed by atoms with Crippen LogP contribution in [0.4, 0.5) is 11.5 Å². The first-order valence-electron chi connectivity index (χ1n) is 7.59. The van der Waals surface area contributed by atoms with Crippen molar-refractivity contribution in [3.8, 4) is 5.82 Å². The van der Waals surface area contributed by atoms with E-state index < -0.39 is 4.92 Å². The predicted octanol–water partition coefficient (Wildman–Crippen LogP) is 2.53. The standard InChI is InChI=1S/C17H14N6O3/c1-12-18-8-9-22(12)16-10-15(19-11-20-16)21-17(24)7-4-13-2-5-14(6-3-13)23(25)26/h2-11H,1H3,(H,19,20,21,24)/b7-4+. The number of carbonyl (C=O) groups is 1. The van der Waals surface area contributed by atoms with Gasteiger partial charge in [-0.15, -0.1) is 0 Å². The van der Waals surface area contributed by atoms with E-state index in [0.29, 0.717) is 17.2 Å². The quantitative estimate of drug-likeness (QED) is 0.429. The normalized spacial score (nSPS) is 10.8. The Hall–Kier alpha value is -3.88. The average Bonchev–Trinajstić information content (AvgIpc) is 3.06. The summed E-state index contributed by atoms with van der Waals surface area (Å²) in [6.07, 6.45) is 7.65. The Kier molecular flexibility index (Phi) is 4.79. The lowest BCUT2D eigenvalue weighted by molar-refractivity contribution is -0.384. The third kappa shape index (κ3) is 3.96. The minimum Gasteiger partial charge on any atom is -0.307 e. The Bertz CT molecular complexity index is 978. The number of amides is 1. The number of anilines is 1. The summed E-state index contributed by atoms with van der Waals surface area (Å²) in [5.74, 6) is 1.32. The molecule has 130 valence electrons. The summed E-state index contributed by atoms with van der Waals surface area (Å²) in [5, 5.41) is 13.3. The third-order valence-corrected chi connectivity index (χ3v) is 3.51. The summed E-state index contributed by atoms with van der Waals surface area (Å²) in [6.45, 7) is 1.84. The van der Waals surface area contributed by atoms with E-state index >= 15 is 0 Å². The van der Waals surface area contributed by atoms with Gasteiger partial charge in [-0.1, -0.05) is 0 Å². The molecule has 1 aromatic carbocycles. The molecule has 3 rings (SSSR count). The first-order chi connectivity index (χ1) is 12.5. The van der Waals surface area contributed by atoms with Crippen LogP contribution in [-0.4, -0.2) is 30.3 Å². The van der Waals surface area contributed by atoms with E-state index in [4.69, 9.17) is 0 Å². The van der Waals surface area contributed by atoms with Gasteiger partial charge in [0.25, 0.3) is 5.69 Å². The van der Waals surface area contributed by atoms with Gasteiger partial charge < -0.3 is 5.32 Å². The van der Waals surface area contributed by atoms with Gasteiger partial charge >= 0.3 is 0 Å². The number of aryl methyl sites for hydroxylation is 1. The number of benzene rings is 1. The second kappa shape index (κ2) is 7.34. The van der Waals surface area contributed by atoms with Gasteiger partial charge in [-0.2, -0.15) is 0 Å². The second-order valence-corrected chi connectivity index (χ2v) is 5.28. The van der Waals surface area contributed by atoms with Crippen molar-refractivity contribution in [3.05, 3.63) is 76.6 Å². The number of rotatable bonds is 5. The highest BCUT2D eigenvalue weighted by atomic mass is 16.6. The van der Waals surface area contributed by atoms with Crippen LogP contribution >= 0.6 is 0 Å². The smallest absolute Gasteiger partial charge is 0.269 e. The summed E-state index contributed by atoms with van der Waals surface area (Å²) < 4.78 is 1.77. The van der Waals surface area contributed by atoms with Crippen LogP contribution in [0.1, 0.15) is 11.4 Å². The summed E-state index contributed by atoms with van der Waals surface area (Å²) >= 11 is 0. The van der Waals surface area contributed by atoms with Crippen molar-refractivity contribution in [1.82, 2.24) is 19.5 Å². The lowest BCUT2D eigenvalue weighted by Crippen LogP contribution is -2.10. The Balaban J connectivity index is 1.68. The molecule has 1 N–H and O–H groups in total. The highest BCUT2D eigenvalue weighted by Gasteiger charge is 2.06. The number of carbonyl (C=O) groups excluding carboxylic acids is 1. The van der Waals surface area contributed by atoms with Gasteiger partial charge in [0.2, 0.25) is 5.91 Å². The first kappa shape index (κ1) is 17.0. The van der Waals surface area contributed by atoms with Crippen LogP contribution in [0.3, 0.4) is 0 Å². The molecule has 2 aromatic heterocycles. The number of hydrogen-bond donors (Lipinski definition) is 1. The van der Waals surface area contributed by atoms with E-state index in [0.717, 1.165) is 5.82 Å². The van der Waals surface area contributed by atoms with Gasteiger partial charge in [-0.05, 0) is 30.7 Å². The van der Waals surface area contributed by atoms with E-state index in [1.807, 2.05) is 6.92 Å². The van der Waals surface area contributed by atoms with Crippen molar-refractivity contribution >= 4 is 23.5 Å². The maximum absolute atomic E-state index is 12.0. The van der Waals surface area contributed by atoms with Crippen LogP contribution < -0.4 is 5.32 Å². The number of hydrogen-bond acceptors (Lipinski definition) is 6. The van der Waals surface area contributed by atoms with Gasteiger partial charge in [0.1, 0.15) is 23.8 Å². The van der Waals surface area contributed by atoms with Crippen LogP contribution in [0, 0.1) is 17.0 Å². The zero-order valence-electron chi connectivity index (χ0n) is 13.7. The highest BCUT2D eigenvalue weighted by molar-refractivity contribution is 6.01. The molecular weight excluding hydrogens is 336 g/mol. The number of non-ortho nitro benzene ring substituents is 1. The molecule has 0 radical (unpaired) electrons. The monoisotopic (exact) mass is 350 g/mol. The van der Waals surface area contributed by atoms with Crippen molar-refractivity contribution in [2.45, 2.75) is 6.92 Å². The van der Waals surface area contributed by atoms with Crippen LogP contribution in [0.5, 0.6) is 0 Å². The summed E-state index contributed by atoms with van der Waals surface area (Å²) in [5.41, 5.74) is 0.665. The summed E-state index contributed by atoms with van der Waals surface area (Å²) in [4.78, 5) is 34.5. The van der Waals surface area contributed by atoms with Crippen molar-refractivity contribution in [2.75, 3.05) is 5.32 Å². The first-order valence-corrected chi connectivity index (χ1v) is 7.59. The van der Waals surface area contributed by atoms with Gasteiger partial charge in [0, 0.05) is 36.7 Å². The molecule has 0 bridgehead atoms. The summed E-state index contributed by atoms with van der Waals surface area (Å²) in [7, 11) is 0. The molecule has 0 aliphatic carbocycles. The predicted molar refractivity (Wildman–Crippen MR) is 94.7 cm³/mol. The topological polar surface area (TPSA) is 116 Å². The zero-order valence-corrected chi connectivity index (χ0v) is 13.7. The molecule has 26 heavy (non-hydrogen) atoms. The molecule has 3 aromatic rings. The maximum atomic E-state index is 12.0. The van der Waals surface area contributed by atoms with E-state index in [9.17, 15) is 14.9 Å². The molecule has 0 saturated carbocycles. The number of nitro groups is 1. The highest BCUT2D eigenvalue weighted by Crippen LogP contribution is 2.13. The van der Waals surface area contributed by atoms with E-state index in [1.165, 1.54) is 24.5 Å². The van der Waals surface area contributed by atoms with Crippen molar-refractivity contribution in [2.24, 2.45) is 0 Å². The molecule has 0 fully saturated rings. The zero-order chi connectivity index (χ0) is 18.5. The molecule has 0 saturated heterocycles. The molecule has 9 heteroatoms. The molecule has 2 heterocycles.